The summed E-state index contributed by atoms with van der Waals surface area (Å²) in [5.74, 6) is -2.34. The van der Waals surface area contributed by atoms with Crippen LogP contribution in [0.4, 0.5) is 17.6 Å². The van der Waals surface area contributed by atoms with Gasteiger partial charge in [-0.05, 0) is 12.1 Å². The number of hydrogen-bond donors (Lipinski definition) is 1. The maximum Gasteiger partial charge on any atom is 0.419 e. The number of nitrogens with two attached hydrogens (primary N) is 1. The smallest absolute Gasteiger partial charge is 0.373 e. The van der Waals surface area contributed by atoms with Crippen LogP contribution in [-0.4, -0.2) is 43.2 Å². The van der Waals surface area contributed by atoms with E-state index in [0.717, 1.165) is 12.1 Å². The molecule has 2 rings (SSSR count). The zero-order valence-corrected chi connectivity index (χ0v) is 12.2. The second kappa shape index (κ2) is 7.26. The van der Waals surface area contributed by atoms with Gasteiger partial charge in [0.25, 0.3) is 5.91 Å². The molecular weight excluding hydrogens is 328 g/mol. The SMILES string of the molecule is Cl.NCC1CN(C(=O)c2cccc(C(F)(F)F)c2F)CCO1. The molecule has 1 atom stereocenters. The lowest BCUT2D eigenvalue weighted by Gasteiger charge is -2.32. The van der Waals surface area contributed by atoms with Crippen LogP contribution < -0.4 is 5.73 Å². The minimum atomic E-state index is -4.84. The molecule has 0 radical (unpaired) electrons. The van der Waals surface area contributed by atoms with Gasteiger partial charge in [0.15, 0.2) is 0 Å². The van der Waals surface area contributed by atoms with E-state index in [-0.39, 0.29) is 38.6 Å². The number of amides is 1. The predicted octanol–water partition coefficient (Wildman–Crippen LogP) is 2.07. The van der Waals surface area contributed by atoms with Crippen LogP contribution in [-0.2, 0) is 10.9 Å². The Balaban J connectivity index is 0.00000242. The van der Waals surface area contributed by atoms with Crippen molar-refractivity contribution in [2.24, 2.45) is 5.73 Å². The molecule has 1 amide bonds. The highest BCUT2D eigenvalue weighted by molar-refractivity contribution is 5.94. The molecule has 22 heavy (non-hydrogen) atoms. The zero-order valence-electron chi connectivity index (χ0n) is 11.4. The molecule has 1 saturated heterocycles. The Hall–Kier alpha value is -1.38. The highest BCUT2D eigenvalue weighted by atomic mass is 35.5. The zero-order chi connectivity index (χ0) is 15.6. The quantitative estimate of drug-likeness (QED) is 0.837. The van der Waals surface area contributed by atoms with Crippen molar-refractivity contribution in [3.63, 3.8) is 0 Å². The van der Waals surface area contributed by atoms with Gasteiger partial charge in [-0.2, -0.15) is 13.2 Å². The molecule has 1 aromatic rings. The van der Waals surface area contributed by atoms with E-state index in [1.165, 1.54) is 4.90 Å². The maximum absolute atomic E-state index is 13.9. The Labute approximate surface area is 130 Å². The number of hydrogen-bond acceptors (Lipinski definition) is 3. The van der Waals surface area contributed by atoms with Crippen LogP contribution in [0.3, 0.4) is 0 Å². The Bertz CT molecular complexity index is 539. The highest BCUT2D eigenvalue weighted by Crippen LogP contribution is 2.32. The third-order valence-corrected chi connectivity index (χ3v) is 3.22. The summed E-state index contributed by atoms with van der Waals surface area (Å²) in [5.41, 5.74) is 3.39. The van der Waals surface area contributed by atoms with Crippen LogP contribution in [0.25, 0.3) is 0 Å². The number of rotatable bonds is 2. The normalized spacial score (nSPS) is 18.8. The van der Waals surface area contributed by atoms with Gasteiger partial charge < -0.3 is 15.4 Å². The summed E-state index contributed by atoms with van der Waals surface area (Å²) >= 11 is 0. The number of alkyl halides is 3. The number of nitrogens with zero attached hydrogens (tertiary/aromatic N) is 1. The molecule has 1 aliphatic rings. The van der Waals surface area contributed by atoms with Gasteiger partial charge >= 0.3 is 6.18 Å². The molecule has 1 aliphatic heterocycles. The van der Waals surface area contributed by atoms with Crippen molar-refractivity contribution in [2.45, 2.75) is 12.3 Å². The minimum Gasteiger partial charge on any atom is -0.373 e. The van der Waals surface area contributed by atoms with Crippen molar-refractivity contribution in [1.29, 1.82) is 0 Å². The second-order valence-corrected chi connectivity index (χ2v) is 4.64. The van der Waals surface area contributed by atoms with E-state index in [1.54, 1.807) is 0 Å². The summed E-state index contributed by atoms with van der Waals surface area (Å²) in [6.07, 6.45) is -5.23. The molecule has 1 unspecified atom stereocenters. The summed E-state index contributed by atoms with van der Waals surface area (Å²) in [6.45, 7) is 0.707. The molecule has 0 spiro atoms. The van der Waals surface area contributed by atoms with Gasteiger partial charge in [0.1, 0.15) is 5.82 Å². The summed E-state index contributed by atoms with van der Waals surface area (Å²) in [7, 11) is 0. The molecule has 9 heteroatoms. The first-order chi connectivity index (χ1) is 9.84. The third kappa shape index (κ3) is 3.88. The Morgan fingerprint density at radius 2 is 2.09 bits per heavy atom. The number of carbonyl (C=O) groups is 1. The second-order valence-electron chi connectivity index (χ2n) is 4.64. The predicted molar refractivity (Wildman–Crippen MR) is 73.3 cm³/mol. The molecule has 0 saturated carbocycles. The van der Waals surface area contributed by atoms with Crippen LogP contribution in [0.1, 0.15) is 15.9 Å². The number of ether oxygens (including phenoxy) is 1. The standard InChI is InChI=1S/C13H14F4N2O2.ClH/c14-11-9(2-1-3-10(11)13(15,16)17)12(20)19-4-5-21-8(6-18)7-19;/h1-3,8H,4-7,18H2;1H. The van der Waals surface area contributed by atoms with Crippen LogP contribution >= 0.6 is 12.4 Å². The van der Waals surface area contributed by atoms with Gasteiger partial charge in [0.05, 0.1) is 23.8 Å². The van der Waals surface area contributed by atoms with Gasteiger partial charge in [0, 0.05) is 19.6 Å². The number of halogens is 5. The summed E-state index contributed by atoms with van der Waals surface area (Å²) in [4.78, 5) is 13.4. The molecule has 0 aliphatic carbocycles. The average Bonchev–Trinajstić information content (AvgIpc) is 2.45. The molecule has 4 nitrogen and oxygen atoms in total. The average molecular weight is 343 g/mol. The van der Waals surface area contributed by atoms with Crippen molar-refractivity contribution in [2.75, 3.05) is 26.2 Å². The van der Waals surface area contributed by atoms with Crippen molar-refractivity contribution in [1.82, 2.24) is 4.90 Å². The third-order valence-electron chi connectivity index (χ3n) is 3.22. The van der Waals surface area contributed by atoms with Gasteiger partial charge in [-0.25, -0.2) is 4.39 Å². The Kier molecular flexibility index (Phi) is 6.16. The van der Waals surface area contributed by atoms with Crippen molar-refractivity contribution in [3.05, 3.63) is 35.1 Å². The first kappa shape index (κ1) is 18.7. The van der Waals surface area contributed by atoms with E-state index in [2.05, 4.69) is 0 Å². The molecule has 2 N–H and O–H groups in total. The van der Waals surface area contributed by atoms with E-state index < -0.39 is 35.1 Å². The van der Waals surface area contributed by atoms with Crippen molar-refractivity contribution < 1.29 is 27.1 Å². The summed E-state index contributed by atoms with van der Waals surface area (Å²) < 4.78 is 57.1. The monoisotopic (exact) mass is 342 g/mol. The number of morpholine rings is 1. The van der Waals surface area contributed by atoms with Crippen LogP contribution in [0.2, 0.25) is 0 Å². The van der Waals surface area contributed by atoms with Crippen molar-refractivity contribution in [3.8, 4) is 0 Å². The highest BCUT2D eigenvalue weighted by Gasteiger charge is 2.36. The maximum atomic E-state index is 13.9. The largest absolute Gasteiger partial charge is 0.419 e. The van der Waals surface area contributed by atoms with E-state index in [1.807, 2.05) is 0 Å². The lowest BCUT2D eigenvalue weighted by Crippen LogP contribution is -2.48. The van der Waals surface area contributed by atoms with Crippen LogP contribution in [0, 0.1) is 5.82 Å². The molecule has 0 bridgehead atoms. The van der Waals surface area contributed by atoms with Gasteiger partial charge in [-0.1, -0.05) is 6.07 Å². The van der Waals surface area contributed by atoms with Crippen molar-refractivity contribution >= 4 is 18.3 Å². The fraction of sp³-hybridized carbons (Fsp3) is 0.462. The van der Waals surface area contributed by atoms with E-state index in [9.17, 15) is 22.4 Å². The fourth-order valence-corrected chi connectivity index (χ4v) is 2.13. The first-order valence-electron chi connectivity index (χ1n) is 6.31. The molecule has 1 heterocycles. The minimum absolute atomic E-state index is 0. The number of carbonyl (C=O) groups excluding carboxylic acids is 1. The number of benzene rings is 1. The molecule has 124 valence electrons. The molecule has 1 fully saturated rings. The fourth-order valence-electron chi connectivity index (χ4n) is 2.13. The topological polar surface area (TPSA) is 55.6 Å². The van der Waals surface area contributed by atoms with Crippen LogP contribution in [0.15, 0.2) is 18.2 Å². The Morgan fingerprint density at radius 1 is 1.41 bits per heavy atom. The van der Waals surface area contributed by atoms with E-state index >= 15 is 0 Å². The lowest BCUT2D eigenvalue weighted by atomic mass is 10.1. The van der Waals surface area contributed by atoms with E-state index in [0.29, 0.717) is 6.07 Å². The lowest BCUT2D eigenvalue weighted by molar-refractivity contribution is -0.140. The molecule has 1 aromatic carbocycles. The first-order valence-corrected chi connectivity index (χ1v) is 6.31. The van der Waals surface area contributed by atoms with Gasteiger partial charge in [0.2, 0.25) is 0 Å². The Morgan fingerprint density at radius 3 is 2.68 bits per heavy atom. The van der Waals surface area contributed by atoms with Crippen LogP contribution in [0.5, 0.6) is 0 Å². The summed E-state index contributed by atoms with van der Waals surface area (Å²) in [6, 6.07) is 2.66. The molecular formula is C13H15ClF4N2O2. The van der Waals surface area contributed by atoms with Gasteiger partial charge in [-0.3, -0.25) is 4.79 Å². The van der Waals surface area contributed by atoms with E-state index in [4.69, 9.17) is 10.5 Å². The van der Waals surface area contributed by atoms with Gasteiger partial charge in [-0.15, -0.1) is 12.4 Å². The summed E-state index contributed by atoms with van der Waals surface area (Å²) in [5, 5.41) is 0. The molecule has 0 aromatic heterocycles.